The number of hydrogen-bond acceptors (Lipinski definition) is 3. The molecule has 19 heavy (non-hydrogen) atoms. The number of nitrogens with two attached hydrogens (primary N) is 1. The van der Waals surface area contributed by atoms with Crippen molar-refractivity contribution in [3.05, 3.63) is 0 Å². The summed E-state index contributed by atoms with van der Waals surface area (Å²) >= 11 is 0. The normalized spacial score (nSPS) is 17.6. The van der Waals surface area contributed by atoms with Crippen LogP contribution in [-0.2, 0) is 4.79 Å². The van der Waals surface area contributed by atoms with Gasteiger partial charge in [-0.1, -0.05) is 13.8 Å². The third kappa shape index (κ3) is 8.69. The van der Waals surface area contributed by atoms with E-state index in [1.54, 1.807) is 0 Å². The van der Waals surface area contributed by atoms with Crippen molar-refractivity contribution in [2.75, 3.05) is 32.7 Å². The zero-order valence-electron chi connectivity index (χ0n) is 12.3. The molecule has 1 amide bonds. The van der Waals surface area contributed by atoms with Crippen LogP contribution in [0.3, 0.4) is 0 Å². The Labute approximate surface area is 129 Å². The maximum Gasteiger partial charge on any atom is 0.222 e. The summed E-state index contributed by atoms with van der Waals surface area (Å²) in [4.78, 5) is 16.3. The Balaban J connectivity index is 0. The highest BCUT2D eigenvalue weighted by molar-refractivity contribution is 5.85. The number of nitrogens with zero attached hydrogens (tertiary/aromatic N) is 2. The zero-order chi connectivity index (χ0) is 12.8. The fraction of sp³-hybridized carbons (Fsp3) is 0.923. The molecule has 6 heteroatoms. The lowest BCUT2D eigenvalue weighted by atomic mass is 10.1. The minimum absolute atomic E-state index is 0. The third-order valence-electron chi connectivity index (χ3n) is 3.16. The van der Waals surface area contributed by atoms with Gasteiger partial charge in [-0.3, -0.25) is 9.69 Å². The summed E-state index contributed by atoms with van der Waals surface area (Å²) in [5, 5.41) is 0. The molecule has 0 aliphatic carbocycles. The highest BCUT2D eigenvalue weighted by atomic mass is 35.5. The SMILES string of the molecule is CC(C)CN1CCN(C(=O)CCC(C)N)CC1.Cl.Cl. The number of halogens is 2. The lowest BCUT2D eigenvalue weighted by molar-refractivity contribution is -0.133. The fourth-order valence-corrected chi connectivity index (χ4v) is 2.21. The molecule has 1 aliphatic heterocycles. The predicted molar refractivity (Wildman–Crippen MR) is 85.2 cm³/mol. The van der Waals surface area contributed by atoms with Gasteiger partial charge in [0.2, 0.25) is 5.91 Å². The topological polar surface area (TPSA) is 49.6 Å². The Morgan fingerprint density at radius 2 is 1.63 bits per heavy atom. The molecule has 116 valence electrons. The summed E-state index contributed by atoms with van der Waals surface area (Å²) in [5.74, 6) is 0.974. The number of carbonyl (C=O) groups is 1. The van der Waals surface area contributed by atoms with Gasteiger partial charge >= 0.3 is 0 Å². The molecule has 4 nitrogen and oxygen atoms in total. The summed E-state index contributed by atoms with van der Waals surface area (Å²) in [6.45, 7) is 11.4. The first-order valence-electron chi connectivity index (χ1n) is 6.74. The van der Waals surface area contributed by atoms with Crippen molar-refractivity contribution in [2.45, 2.75) is 39.7 Å². The second-order valence-electron chi connectivity index (χ2n) is 5.59. The van der Waals surface area contributed by atoms with E-state index in [1.165, 1.54) is 0 Å². The van der Waals surface area contributed by atoms with Gasteiger partial charge in [0.15, 0.2) is 0 Å². The molecule has 1 saturated heterocycles. The van der Waals surface area contributed by atoms with Crippen molar-refractivity contribution in [2.24, 2.45) is 11.7 Å². The first-order valence-corrected chi connectivity index (χ1v) is 6.74. The molecule has 1 fully saturated rings. The Bertz CT molecular complexity index is 242. The van der Waals surface area contributed by atoms with Gasteiger partial charge in [0.05, 0.1) is 0 Å². The predicted octanol–water partition coefficient (Wildman–Crippen LogP) is 1.76. The van der Waals surface area contributed by atoms with Crippen LogP contribution in [-0.4, -0.2) is 54.5 Å². The van der Waals surface area contributed by atoms with Gasteiger partial charge in [-0.25, -0.2) is 0 Å². The van der Waals surface area contributed by atoms with E-state index in [2.05, 4.69) is 18.7 Å². The third-order valence-corrected chi connectivity index (χ3v) is 3.16. The van der Waals surface area contributed by atoms with Crippen molar-refractivity contribution < 1.29 is 4.79 Å². The summed E-state index contributed by atoms with van der Waals surface area (Å²) in [5.41, 5.74) is 5.67. The van der Waals surface area contributed by atoms with Crippen molar-refractivity contribution in [1.82, 2.24) is 9.80 Å². The van der Waals surface area contributed by atoms with E-state index in [4.69, 9.17) is 5.73 Å². The van der Waals surface area contributed by atoms with Crippen molar-refractivity contribution in [3.63, 3.8) is 0 Å². The highest BCUT2D eigenvalue weighted by Crippen LogP contribution is 2.07. The number of piperazine rings is 1. The van der Waals surface area contributed by atoms with Crippen LogP contribution in [0.25, 0.3) is 0 Å². The van der Waals surface area contributed by atoms with Gasteiger partial charge in [-0.05, 0) is 19.3 Å². The Hall–Kier alpha value is -0.0300. The first kappa shape index (κ1) is 21.3. The lowest BCUT2D eigenvalue weighted by Gasteiger charge is -2.35. The second kappa shape index (κ2) is 10.7. The maximum absolute atomic E-state index is 11.9. The van der Waals surface area contributed by atoms with Crippen LogP contribution >= 0.6 is 24.8 Å². The van der Waals surface area contributed by atoms with Gasteiger partial charge in [-0.2, -0.15) is 0 Å². The number of hydrogen-bond donors (Lipinski definition) is 1. The van der Waals surface area contributed by atoms with Crippen LogP contribution in [0.5, 0.6) is 0 Å². The zero-order valence-corrected chi connectivity index (χ0v) is 13.9. The Morgan fingerprint density at radius 3 is 2.05 bits per heavy atom. The molecular formula is C13H29Cl2N3O. The standard InChI is InChI=1S/C13H27N3O.2ClH/c1-11(2)10-15-6-8-16(9-7-15)13(17)5-4-12(3)14;;/h11-12H,4-10,14H2,1-3H3;2*1H. The van der Waals surface area contributed by atoms with Gasteiger partial charge in [0.25, 0.3) is 0 Å². The number of rotatable bonds is 5. The Morgan fingerprint density at radius 1 is 1.11 bits per heavy atom. The van der Waals surface area contributed by atoms with Gasteiger partial charge in [-0.15, -0.1) is 24.8 Å². The number of carbonyl (C=O) groups excluding carboxylic acids is 1. The molecule has 0 aromatic carbocycles. The molecular weight excluding hydrogens is 285 g/mol. The molecule has 2 N–H and O–H groups in total. The smallest absolute Gasteiger partial charge is 0.222 e. The quantitative estimate of drug-likeness (QED) is 0.841. The molecule has 0 saturated carbocycles. The average molecular weight is 314 g/mol. The lowest BCUT2D eigenvalue weighted by Crippen LogP contribution is -2.49. The van der Waals surface area contributed by atoms with Crippen molar-refractivity contribution in [1.29, 1.82) is 0 Å². The minimum atomic E-state index is 0. The van der Waals surface area contributed by atoms with Crippen molar-refractivity contribution >= 4 is 30.7 Å². The molecule has 0 spiro atoms. The molecule has 1 atom stereocenters. The van der Waals surface area contributed by atoms with Crippen LogP contribution in [0.4, 0.5) is 0 Å². The monoisotopic (exact) mass is 313 g/mol. The van der Waals surface area contributed by atoms with Gasteiger partial charge < -0.3 is 10.6 Å². The van der Waals surface area contributed by atoms with Gasteiger partial charge in [0, 0.05) is 45.2 Å². The summed E-state index contributed by atoms with van der Waals surface area (Å²) < 4.78 is 0. The molecule has 1 aliphatic rings. The largest absolute Gasteiger partial charge is 0.340 e. The van der Waals surface area contributed by atoms with E-state index in [1.807, 2.05) is 11.8 Å². The van der Waals surface area contributed by atoms with E-state index < -0.39 is 0 Å². The maximum atomic E-state index is 11.9. The van der Waals surface area contributed by atoms with Crippen LogP contribution in [0.1, 0.15) is 33.6 Å². The minimum Gasteiger partial charge on any atom is -0.340 e. The molecule has 0 bridgehead atoms. The summed E-state index contributed by atoms with van der Waals surface area (Å²) in [6, 6.07) is 0.126. The number of amides is 1. The van der Waals surface area contributed by atoms with E-state index in [0.29, 0.717) is 12.3 Å². The van der Waals surface area contributed by atoms with Crippen molar-refractivity contribution in [3.8, 4) is 0 Å². The van der Waals surface area contributed by atoms with Crippen LogP contribution in [0.2, 0.25) is 0 Å². The Kier molecular flexibility index (Phi) is 12.0. The second-order valence-corrected chi connectivity index (χ2v) is 5.59. The molecule has 1 rings (SSSR count). The van der Waals surface area contributed by atoms with Crippen LogP contribution in [0, 0.1) is 5.92 Å². The molecule has 1 heterocycles. The van der Waals surface area contributed by atoms with E-state index in [-0.39, 0.29) is 36.8 Å². The van der Waals surface area contributed by atoms with E-state index in [9.17, 15) is 4.79 Å². The van der Waals surface area contributed by atoms with Gasteiger partial charge in [0.1, 0.15) is 0 Å². The van der Waals surface area contributed by atoms with Crippen LogP contribution < -0.4 is 5.73 Å². The first-order chi connectivity index (χ1) is 7.99. The molecule has 0 radical (unpaired) electrons. The van der Waals surface area contributed by atoms with Crippen LogP contribution in [0.15, 0.2) is 0 Å². The van der Waals surface area contributed by atoms with E-state index in [0.717, 1.165) is 39.1 Å². The summed E-state index contributed by atoms with van der Waals surface area (Å²) in [6.07, 6.45) is 1.40. The molecule has 1 unspecified atom stereocenters. The average Bonchev–Trinajstić information content (AvgIpc) is 2.26. The molecule has 0 aromatic rings. The molecule has 0 aromatic heterocycles. The summed E-state index contributed by atoms with van der Waals surface area (Å²) in [7, 11) is 0. The highest BCUT2D eigenvalue weighted by Gasteiger charge is 2.21. The fourth-order valence-electron chi connectivity index (χ4n) is 2.21. The van der Waals surface area contributed by atoms with E-state index >= 15 is 0 Å².